The van der Waals surface area contributed by atoms with E-state index in [1.54, 1.807) is 6.26 Å². The molecule has 0 fully saturated rings. The van der Waals surface area contributed by atoms with E-state index >= 15 is 0 Å². The molecule has 2 heterocycles. The zero-order valence-corrected chi connectivity index (χ0v) is 9.34. The number of rotatable bonds is 2. The number of aromatic nitrogens is 3. The van der Waals surface area contributed by atoms with E-state index in [9.17, 15) is 0 Å². The van der Waals surface area contributed by atoms with Crippen molar-refractivity contribution < 1.29 is 4.42 Å². The van der Waals surface area contributed by atoms with Crippen LogP contribution >= 0.6 is 23.4 Å². The Morgan fingerprint density at radius 1 is 1.47 bits per heavy atom. The number of hydrogen-bond acceptors (Lipinski definition) is 6. The first-order chi connectivity index (χ1) is 7.16. The summed E-state index contributed by atoms with van der Waals surface area (Å²) in [5, 5.41) is 1.33. The molecule has 5 nitrogen and oxygen atoms in total. The van der Waals surface area contributed by atoms with Crippen molar-refractivity contribution in [2.45, 2.75) is 17.2 Å². The van der Waals surface area contributed by atoms with Gasteiger partial charge in [-0.2, -0.15) is 0 Å². The van der Waals surface area contributed by atoms with E-state index in [4.69, 9.17) is 21.8 Å². The van der Waals surface area contributed by atoms with Gasteiger partial charge in [0.1, 0.15) is 28.5 Å². The molecule has 0 saturated carbocycles. The first kappa shape index (κ1) is 10.3. The summed E-state index contributed by atoms with van der Waals surface area (Å²) in [6, 6.07) is 0. The zero-order chi connectivity index (χ0) is 10.8. The lowest BCUT2D eigenvalue weighted by Gasteiger charge is -2.00. The topological polar surface area (TPSA) is 77.8 Å². The molecule has 0 atom stereocenters. The summed E-state index contributed by atoms with van der Waals surface area (Å²) in [5.74, 6) is 0.248. The molecule has 2 aromatic heterocycles. The highest BCUT2D eigenvalue weighted by Gasteiger charge is 2.11. The molecule has 78 valence electrons. The normalized spacial score (nSPS) is 10.5. The number of aryl methyl sites for hydroxylation is 1. The number of nitrogens with two attached hydrogens (primary N) is 1. The average molecular weight is 243 g/mol. The highest BCUT2D eigenvalue weighted by Crippen LogP contribution is 2.32. The molecular weight excluding hydrogens is 236 g/mol. The van der Waals surface area contributed by atoms with E-state index in [2.05, 4.69) is 15.0 Å². The largest absolute Gasteiger partial charge is 0.439 e. The molecule has 0 radical (unpaired) electrons. The lowest BCUT2D eigenvalue weighted by Crippen LogP contribution is -1.94. The van der Waals surface area contributed by atoms with E-state index in [0.717, 1.165) is 5.69 Å². The molecule has 2 rings (SSSR count). The van der Waals surface area contributed by atoms with Crippen LogP contribution < -0.4 is 5.73 Å². The summed E-state index contributed by atoms with van der Waals surface area (Å²) in [6.07, 6.45) is 2.90. The minimum atomic E-state index is 0.248. The van der Waals surface area contributed by atoms with Crippen LogP contribution in [0.3, 0.4) is 0 Å². The third kappa shape index (κ3) is 2.21. The van der Waals surface area contributed by atoms with Crippen molar-refractivity contribution in [2.24, 2.45) is 0 Å². The van der Waals surface area contributed by atoms with Crippen molar-refractivity contribution in [3.63, 3.8) is 0 Å². The second kappa shape index (κ2) is 4.08. The van der Waals surface area contributed by atoms with Gasteiger partial charge in [0.25, 0.3) is 5.22 Å². The van der Waals surface area contributed by atoms with Crippen molar-refractivity contribution in [3.05, 3.63) is 23.3 Å². The molecule has 0 spiro atoms. The number of hydrogen-bond donors (Lipinski definition) is 1. The second-order valence-corrected chi connectivity index (χ2v) is 4.05. The summed E-state index contributed by atoms with van der Waals surface area (Å²) in [5.41, 5.74) is 6.33. The summed E-state index contributed by atoms with van der Waals surface area (Å²) >= 11 is 7.12. The van der Waals surface area contributed by atoms with Gasteiger partial charge in [-0.25, -0.2) is 15.0 Å². The van der Waals surface area contributed by atoms with Gasteiger partial charge in [0.2, 0.25) is 0 Å². The Hall–Kier alpha value is -1.27. The lowest BCUT2D eigenvalue weighted by molar-refractivity contribution is 0.454. The van der Waals surface area contributed by atoms with E-state index in [1.165, 1.54) is 18.1 Å². The Balaban J connectivity index is 2.28. The van der Waals surface area contributed by atoms with E-state index in [0.29, 0.717) is 15.3 Å². The van der Waals surface area contributed by atoms with Crippen LogP contribution in [-0.2, 0) is 0 Å². The first-order valence-corrected chi connectivity index (χ1v) is 5.22. The number of halogens is 1. The van der Waals surface area contributed by atoms with Gasteiger partial charge in [-0.15, -0.1) is 0 Å². The zero-order valence-electron chi connectivity index (χ0n) is 7.77. The average Bonchev–Trinajstić information content (AvgIpc) is 2.59. The van der Waals surface area contributed by atoms with Crippen LogP contribution in [0.2, 0.25) is 5.02 Å². The standard InChI is InChI=1S/C8H7ClN4OS/c1-4-2-14-8(13-4)15-7-5(9)6(10)11-3-12-7/h2-3H,1H3,(H2,10,11,12). The molecule has 0 saturated heterocycles. The maximum Gasteiger partial charge on any atom is 0.262 e. The van der Waals surface area contributed by atoms with E-state index in [-0.39, 0.29) is 5.82 Å². The van der Waals surface area contributed by atoms with Crippen molar-refractivity contribution >= 4 is 29.2 Å². The van der Waals surface area contributed by atoms with Gasteiger partial charge < -0.3 is 10.2 Å². The lowest BCUT2D eigenvalue weighted by atomic mass is 10.6. The van der Waals surface area contributed by atoms with Crippen molar-refractivity contribution in [3.8, 4) is 0 Å². The molecule has 2 N–H and O–H groups in total. The highest BCUT2D eigenvalue weighted by molar-refractivity contribution is 7.99. The smallest absolute Gasteiger partial charge is 0.262 e. The summed E-state index contributed by atoms with van der Waals surface area (Å²) in [4.78, 5) is 11.9. The molecule has 0 amide bonds. The monoisotopic (exact) mass is 242 g/mol. The van der Waals surface area contributed by atoms with Crippen LogP contribution in [0.5, 0.6) is 0 Å². The molecule has 0 bridgehead atoms. The molecule has 0 aliphatic heterocycles. The van der Waals surface area contributed by atoms with Crippen molar-refractivity contribution in [2.75, 3.05) is 5.73 Å². The van der Waals surface area contributed by atoms with E-state index in [1.807, 2.05) is 6.92 Å². The predicted octanol–water partition coefficient (Wildman–Crippen LogP) is 2.16. The van der Waals surface area contributed by atoms with Crippen LogP contribution in [0.4, 0.5) is 5.82 Å². The molecule has 0 aromatic carbocycles. The highest BCUT2D eigenvalue weighted by atomic mass is 35.5. The van der Waals surface area contributed by atoms with Crippen LogP contribution in [0, 0.1) is 6.92 Å². The first-order valence-electron chi connectivity index (χ1n) is 4.03. The van der Waals surface area contributed by atoms with Crippen LogP contribution in [0.25, 0.3) is 0 Å². The number of anilines is 1. The minimum Gasteiger partial charge on any atom is -0.439 e. The van der Waals surface area contributed by atoms with Crippen molar-refractivity contribution in [1.29, 1.82) is 0 Å². The van der Waals surface area contributed by atoms with Gasteiger partial charge in [-0.3, -0.25) is 0 Å². The van der Waals surface area contributed by atoms with E-state index < -0.39 is 0 Å². The molecule has 2 aromatic rings. The molecular formula is C8H7ClN4OS. The van der Waals surface area contributed by atoms with Gasteiger partial charge in [0.15, 0.2) is 0 Å². The summed E-state index contributed by atoms with van der Waals surface area (Å²) in [7, 11) is 0. The Morgan fingerprint density at radius 3 is 2.93 bits per heavy atom. The number of nitrogen functional groups attached to an aromatic ring is 1. The molecule has 15 heavy (non-hydrogen) atoms. The minimum absolute atomic E-state index is 0.248. The van der Waals surface area contributed by atoms with Crippen LogP contribution in [0.15, 0.2) is 27.3 Å². The maximum atomic E-state index is 5.91. The van der Waals surface area contributed by atoms with Gasteiger partial charge in [-0.1, -0.05) is 11.6 Å². The molecule has 0 aliphatic carbocycles. The Labute approximate surface area is 95.1 Å². The fraction of sp³-hybridized carbons (Fsp3) is 0.125. The fourth-order valence-electron chi connectivity index (χ4n) is 0.900. The van der Waals surface area contributed by atoms with Gasteiger partial charge in [0, 0.05) is 0 Å². The Kier molecular flexibility index (Phi) is 2.79. The number of nitrogens with zero attached hydrogens (tertiary/aromatic N) is 3. The number of oxazole rings is 1. The Morgan fingerprint density at radius 2 is 2.27 bits per heavy atom. The second-order valence-electron chi connectivity index (χ2n) is 2.73. The molecule has 7 heteroatoms. The molecule has 0 unspecified atom stereocenters. The van der Waals surface area contributed by atoms with Crippen LogP contribution in [0.1, 0.15) is 5.69 Å². The van der Waals surface area contributed by atoms with Gasteiger partial charge in [-0.05, 0) is 18.7 Å². The summed E-state index contributed by atoms with van der Waals surface area (Å²) in [6.45, 7) is 1.84. The maximum absolute atomic E-state index is 5.91. The third-order valence-electron chi connectivity index (χ3n) is 1.57. The van der Waals surface area contributed by atoms with Crippen LogP contribution in [-0.4, -0.2) is 15.0 Å². The quantitative estimate of drug-likeness (QED) is 0.813. The van der Waals surface area contributed by atoms with Crippen molar-refractivity contribution in [1.82, 2.24) is 15.0 Å². The third-order valence-corrected chi connectivity index (χ3v) is 2.92. The Bertz CT molecular complexity index is 487. The predicted molar refractivity (Wildman–Crippen MR) is 56.8 cm³/mol. The molecule has 0 aliphatic rings. The summed E-state index contributed by atoms with van der Waals surface area (Å²) < 4.78 is 5.16. The SMILES string of the molecule is Cc1coc(Sc2ncnc(N)c2Cl)n1. The fourth-order valence-corrected chi connectivity index (χ4v) is 1.86. The van der Waals surface area contributed by atoms with Gasteiger partial charge >= 0.3 is 0 Å². The van der Waals surface area contributed by atoms with Gasteiger partial charge in [0.05, 0.1) is 5.69 Å².